The molecular weight excluding hydrogens is 206 g/mol. The number of hydrogen-bond acceptors (Lipinski definition) is 7. The van der Waals surface area contributed by atoms with Gasteiger partial charge >= 0.3 is 0 Å². The molecule has 2 rings (SSSR count). The summed E-state index contributed by atoms with van der Waals surface area (Å²) >= 11 is 2.91. The van der Waals surface area contributed by atoms with Crippen LogP contribution in [0, 0.1) is 6.92 Å². The Morgan fingerprint density at radius 3 is 3.00 bits per heavy atom. The van der Waals surface area contributed by atoms with Gasteiger partial charge in [-0.2, -0.15) is 4.37 Å². The van der Waals surface area contributed by atoms with Gasteiger partial charge in [-0.05, 0) is 6.92 Å². The molecule has 7 heteroatoms. The predicted octanol–water partition coefficient (Wildman–Crippen LogP) is 1.31. The fourth-order valence-electron chi connectivity index (χ4n) is 0.811. The molecule has 0 aromatic carbocycles. The molecule has 0 radical (unpaired) electrons. The third kappa shape index (κ3) is 2.19. The summed E-state index contributed by atoms with van der Waals surface area (Å²) < 4.78 is 3.88. The molecule has 2 aromatic heterocycles. The van der Waals surface area contributed by atoms with E-state index in [0.717, 1.165) is 15.1 Å². The van der Waals surface area contributed by atoms with E-state index in [-0.39, 0.29) is 0 Å². The van der Waals surface area contributed by atoms with Crippen LogP contribution in [0.5, 0.6) is 0 Å². The van der Waals surface area contributed by atoms with Gasteiger partial charge in [-0.15, -0.1) is 10.2 Å². The van der Waals surface area contributed by atoms with Gasteiger partial charge in [0.05, 0.1) is 6.54 Å². The Hall–Kier alpha value is -1.08. The zero-order valence-electron chi connectivity index (χ0n) is 6.89. The molecule has 0 bridgehead atoms. The van der Waals surface area contributed by atoms with Crippen LogP contribution in [-0.4, -0.2) is 19.6 Å². The van der Waals surface area contributed by atoms with Crippen molar-refractivity contribution < 1.29 is 0 Å². The molecule has 13 heavy (non-hydrogen) atoms. The van der Waals surface area contributed by atoms with Crippen LogP contribution in [-0.2, 0) is 6.54 Å². The van der Waals surface area contributed by atoms with E-state index in [9.17, 15) is 0 Å². The summed E-state index contributed by atoms with van der Waals surface area (Å²) in [6.07, 6.45) is 1.53. The van der Waals surface area contributed by atoms with E-state index >= 15 is 0 Å². The Morgan fingerprint density at radius 2 is 2.38 bits per heavy atom. The van der Waals surface area contributed by atoms with Gasteiger partial charge in [-0.3, -0.25) is 0 Å². The van der Waals surface area contributed by atoms with E-state index in [2.05, 4.69) is 24.9 Å². The Balaban J connectivity index is 1.93. The van der Waals surface area contributed by atoms with E-state index in [1.54, 1.807) is 11.3 Å². The zero-order valence-corrected chi connectivity index (χ0v) is 8.52. The van der Waals surface area contributed by atoms with Gasteiger partial charge in [-0.1, -0.05) is 11.3 Å². The third-order valence-corrected chi connectivity index (χ3v) is 2.78. The van der Waals surface area contributed by atoms with Gasteiger partial charge in [0.2, 0.25) is 5.13 Å². The Labute approximate surface area is 83.0 Å². The summed E-state index contributed by atoms with van der Waals surface area (Å²) in [5.41, 5.74) is 0. The molecule has 1 N–H and O–H groups in total. The SMILES string of the molecule is Cc1nnc(CNc2ncns2)s1. The first kappa shape index (κ1) is 8.52. The number of hydrogen-bond donors (Lipinski definition) is 1. The number of aromatic nitrogens is 4. The summed E-state index contributed by atoms with van der Waals surface area (Å²) in [6.45, 7) is 2.60. The van der Waals surface area contributed by atoms with Crippen molar-refractivity contribution >= 4 is 28.0 Å². The van der Waals surface area contributed by atoms with Crippen LogP contribution in [0.1, 0.15) is 10.0 Å². The van der Waals surface area contributed by atoms with E-state index < -0.39 is 0 Å². The van der Waals surface area contributed by atoms with Crippen LogP contribution in [0.25, 0.3) is 0 Å². The van der Waals surface area contributed by atoms with Gasteiger partial charge in [-0.25, -0.2) is 4.98 Å². The molecule has 0 saturated carbocycles. The standard InChI is InChI=1S/C6H7N5S2/c1-4-10-11-5(12-4)2-7-6-8-3-9-13-6/h3H,2H2,1H3,(H,7,8,9). The first-order chi connectivity index (χ1) is 6.34. The van der Waals surface area contributed by atoms with E-state index in [1.807, 2.05) is 6.92 Å². The van der Waals surface area contributed by atoms with Crippen molar-refractivity contribution in [2.45, 2.75) is 13.5 Å². The van der Waals surface area contributed by atoms with Crippen LogP contribution in [0.15, 0.2) is 6.33 Å². The molecule has 0 aliphatic carbocycles. The van der Waals surface area contributed by atoms with Crippen molar-refractivity contribution in [3.8, 4) is 0 Å². The molecule has 2 heterocycles. The van der Waals surface area contributed by atoms with Crippen LogP contribution in [0.4, 0.5) is 5.13 Å². The highest BCUT2D eigenvalue weighted by Gasteiger charge is 2.00. The van der Waals surface area contributed by atoms with Crippen LogP contribution < -0.4 is 5.32 Å². The zero-order chi connectivity index (χ0) is 9.10. The molecule has 0 aliphatic rings. The van der Waals surface area contributed by atoms with Crippen molar-refractivity contribution in [2.75, 3.05) is 5.32 Å². The highest BCUT2D eigenvalue weighted by atomic mass is 32.1. The smallest absolute Gasteiger partial charge is 0.202 e. The summed E-state index contributed by atoms with van der Waals surface area (Å²) in [5, 5.41) is 13.8. The highest BCUT2D eigenvalue weighted by molar-refractivity contribution is 7.11. The van der Waals surface area contributed by atoms with Crippen molar-refractivity contribution in [3.63, 3.8) is 0 Å². The van der Waals surface area contributed by atoms with Gasteiger partial charge < -0.3 is 5.32 Å². The number of aryl methyl sites for hydroxylation is 1. The molecule has 68 valence electrons. The number of nitrogens with one attached hydrogen (secondary N) is 1. The molecular formula is C6H7N5S2. The summed E-state index contributed by atoms with van der Waals surface area (Å²) in [5.74, 6) is 0. The van der Waals surface area contributed by atoms with Gasteiger partial charge in [0, 0.05) is 11.5 Å². The lowest BCUT2D eigenvalue weighted by Crippen LogP contribution is -1.97. The Kier molecular flexibility index (Phi) is 2.46. The molecule has 0 unspecified atom stereocenters. The minimum absolute atomic E-state index is 0.667. The fraction of sp³-hybridized carbons (Fsp3) is 0.333. The largest absolute Gasteiger partial charge is 0.354 e. The average molecular weight is 213 g/mol. The van der Waals surface area contributed by atoms with Crippen LogP contribution in [0.3, 0.4) is 0 Å². The second-order valence-corrected chi connectivity index (χ2v) is 4.36. The van der Waals surface area contributed by atoms with Gasteiger partial charge in [0.1, 0.15) is 16.3 Å². The lowest BCUT2D eigenvalue weighted by atomic mass is 10.7. The average Bonchev–Trinajstić information content (AvgIpc) is 2.71. The first-order valence-corrected chi connectivity index (χ1v) is 5.23. The fourth-order valence-corrected chi connectivity index (χ4v) is 1.88. The molecule has 0 atom stereocenters. The van der Waals surface area contributed by atoms with E-state index in [1.165, 1.54) is 17.9 Å². The molecule has 0 saturated heterocycles. The normalized spacial score (nSPS) is 10.2. The summed E-state index contributed by atoms with van der Waals surface area (Å²) in [7, 11) is 0. The first-order valence-electron chi connectivity index (χ1n) is 3.64. The Bertz CT molecular complexity index is 368. The maximum absolute atomic E-state index is 3.99. The van der Waals surface area contributed by atoms with Crippen LogP contribution >= 0.6 is 22.9 Å². The molecule has 0 amide bonds. The van der Waals surface area contributed by atoms with Crippen molar-refractivity contribution in [1.82, 2.24) is 19.6 Å². The second kappa shape index (κ2) is 3.75. The predicted molar refractivity (Wildman–Crippen MR) is 51.9 cm³/mol. The summed E-state index contributed by atoms with van der Waals surface area (Å²) in [4.78, 5) is 3.99. The lowest BCUT2D eigenvalue weighted by Gasteiger charge is -1.95. The number of rotatable bonds is 3. The van der Waals surface area contributed by atoms with E-state index in [0.29, 0.717) is 6.54 Å². The van der Waals surface area contributed by atoms with Crippen LogP contribution in [0.2, 0.25) is 0 Å². The van der Waals surface area contributed by atoms with Gasteiger partial charge in [0.15, 0.2) is 0 Å². The quantitative estimate of drug-likeness (QED) is 0.832. The van der Waals surface area contributed by atoms with Crippen molar-refractivity contribution in [2.24, 2.45) is 0 Å². The number of nitrogens with zero attached hydrogens (tertiary/aromatic N) is 4. The maximum Gasteiger partial charge on any atom is 0.202 e. The third-order valence-electron chi connectivity index (χ3n) is 1.32. The molecule has 0 fully saturated rings. The molecule has 0 spiro atoms. The minimum Gasteiger partial charge on any atom is -0.354 e. The monoisotopic (exact) mass is 213 g/mol. The van der Waals surface area contributed by atoms with Crippen molar-refractivity contribution in [1.29, 1.82) is 0 Å². The summed E-state index contributed by atoms with van der Waals surface area (Å²) in [6, 6.07) is 0. The Morgan fingerprint density at radius 1 is 1.46 bits per heavy atom. The molecule has 0 aliphatic heterocycles. The highest BCUT2D eigenvalue weighted by Crippen LogP contribution is 2.12. The molecule has 5 nitrogen and oxygen atoms in total. The maximum atomic E-state index is 3.99. The number of anilines is 1. The minimum atomic E-state index is 0.667. The second-order valence-electron chi connectivity index (χ2n) is 2.31. The topological polar surface area (TPSA) is 63.6 Å². The van der Waals surface area contributed by atoms with E-state index in [4.69, 9.17) is 0 Å². The van der Waals surface area contributed by atoms with Gasteiger partial charge in [0.25, 0.3) is 0 Å². The molecule has 2 aromatic rings. The lowest BCUT2D eigenvalue weighted by molar-refractivity contribution is 0.969. The van der Waals surface area contributed by atoms with Crippen molar-refractivity contribution in [3.05, 3.63) is 16.3 Å².